The number of amides is 1. The molecule has 144 valence electrons. The van der Waals surface area contributed by atoms with Crippen LogP contribution in [0.15, 0.2) is 6.07 Å². The van der Waals surface area contributed by atoms with Gasteiger partial charge in [-0.05, 0) is 44.1 Å². The summed E-state index contributed by atoms with van der Waals surface area (Å²) in [5.74, 6) is -2.18. The number of carbonyl (C=O) groups is 1. The smallest absolute Gasteiger partial charge is 0.379 e. The second-order valence-electron chi connectivity index (χ2n) is 6.52. The number of carbonyl (C=O) groups excluding carboxylic acids is 1. The summed E-state index contributed by atoms with van der Waals surface area (Å²) < 4.78 is 38.2. The summed E-state index contributed by atoms with van der Waals surface area (Å²) in [6.07, 6.45) is -3.29. The van der Waals surface area contributed by atoms with E-state index in [-0.39, 0.29) is 40.7 Å². The van der Waals surface area contributed by atoms with E-state index in [2.05, 4.69) is 5.32 Å². The first-order valence-corrected chi connectivity index (χ1v) is 8.48. The van der Waals surface area contributed by atoms with Gasteiger partial charge in [0.05, 0.1) is 21.4 Å². The minimum Gasteiger partial charge on any atom is -0.379 e. The molecule has 1 amide bonds. The molecule has 0 heterocycles. The summed E-state index contributed by atoms with van der Waals surface area (Å²) in [5, 5.41) is 14.3. The Morgan fingerprint density at radius 1 is 1.38 bits per heavy atom. The van der Waals surface area contributed by atoms with E-state index in [1.165, 1.54) is 6.92 Å². The molecule has 1 aliphatic carbocycles. The van der Waals surface area contributed by atoms with Gasteiger partial charge in [-0.2, -0.15) is 13.2 Å². The van der Waals surface area contributed by atoms with Crippen molar-refractivity contribution in [3.63, 3.8) is 0 Å². The molecule has 1 aromatic rings. The van der Waals surface area contributed by atoms with Crippen LogP contribution in [0.3, 0.4) is 0 Å². The zero-order valence-corrected chi connectivity index (χ0v) is 14.8. The van der Waals surface area contributed by atoms with Crippen LogP contribution in [-0.4, -0.2) is 23.6 Å². The molecule has 0 aromatic heterocycles. The number of anilines is 1. The van der Waals surface area contributed by atoms with Gasteiger partial charge in [-0.15, -0.1) is 0 Å². The quantitative estimate of drug-likeness (QED) is 0.570. The summed E-state index contributed by atoms with van der Waals surface area (Å²) in [7, 11) is 0. The average molecular weight is 394 g/mol. The summed E-state index contributed by atoms with van der Waals surface area (Å²) in [6, 6.07) is 1.01. The van der Waals surface area contributed by atoms with Crippen LogP contribution in [0.4, 0.5) is 24.5 Å². The number of rotatable bonds is 5. The molecule has 0 saturated heterocycles. The molecule has 1 aromatic carbocycles. The molecule has 0 unspecified atom stereocenters. The van der Waals surface area contributed by atoms with Crippen LogP contribution in [-0.2, 0) is 0 Å². The number of nitro groups is 1. The van der Waals surface area contributed by atoms with Crippen molar-refractivity contribution < 1.29 is 22.9 Å². The van der Waals surface area contributed by atoms with Gasteiger partial charge < -0.3 is 11.1 Å². The van der Waals surface area contributed by atoms with E-state index >= 15 is 0 Å². The van der Waals surface area contributed by atoms with Crippen molar-refractivity contribution in [3.8, 4) is 0 Å². The van der Waals surface area contributed by atoms with Gasteiger partial charge >= 0.3 is 6.18 Å². The summed E-state index contributed by atoms with van der Waals surface area (Å²) in [6.45, 7) is 1.81. The fraction of sp³-hybridized carbons (Fsp3) is 0.562. The topological polar surface area (TPSA) is 98.3 Å². The second kappa shape index (κ2) is 7.69. The molecule has 6 nitrogen and oxygen atoms in total. The number of primary amides is 1. The number of hydrogen-bond acceptors (Lipinski definition) is 4. The zero-order valence-electron chi connectivity index (χ0n) is 14.0. The zero-order chi connectivity index (χ0) is 19.6. The number of benzene rings is 1. The maximum absolute atomic E-state index is 12.7. The second-order valence-corrected chi connectivity index (χ2v) is 6.90. The van der Waals surface area contributed by atoms with E-state index < -0.39 is 22.9 Å². The lowest BCUT2D eigenvalue weighted by molar-refractivity contribution is -0.384. The molecule has 3 N–H and O–H groups in total. The molecule has 0 spiro atoms. The third kappa shape index (κ3) is 4.38. The molecule has 26 heavy (non-hydrogen) atoms. The Hall–Kier alpha value is -2.03. The molecule has 1 saturated carbocycles. The Bertz CT molecular complexity index is 717. The number of hydrogen-bond donors (Lipinski definition) is 2. The number of nitrogens with two attached hydrogens (primary N) is 1. The highest BCUT2D eigenvalue weighted by molar-refractivity contribution is 6.35. The molecular formula is C16H19ClF3N3O3. The highest BCUT2D eigenvalue weighted by Gasteiger charge is 2.41. The molecule has 1 aliphatic rings. The first-order chi connectivity index (χ1) is 12.0. The van der Waals surface area contributed by atoms with Gasteiger partial charge in [0.2, 0.25) is 5.91 Å². The number of halogens is 4. The Kier molecular flexibility index (Phi) is 6.00. The normalized spacial score (nSPS) is 20.7. The van der Waals surface area contributed by atoms with Crippen LogP contribution in [0.2, 0.25) is 5.02 Å². The highest BCUT2D eigenvalue weighted by Crippen LogP contribution is 2.40. The van der Waals surface area contributed by atoms with E-state index in [1.54, 1.807) is 0 Å². The van der Waals surface area contributed by atoms with Crippen LogP contribution in [0.5, 0.6) is 0 Å². The molecule has 0 bridgehead atoms. The Morgan fingerprint density at radius 2 is 1.96 bits per heavy atom. The lowest BCUT2D eigenvalue weighted by Crippen LogP contribution is -2.30. The van der Waals surface area contributed by atoms with E-state index in [4.69, 9.17) is 17.3 Å². The molecule has 10 heteroatoms. The van der Waals surface area contributed by atoms with Gasteiger partial charge in [-0.25, -0.2) is 0 Å². The van der Waals surface area contributed by atoms with Crippen LogP contribution < -0.4 is 11.1 Å². The maximum atomic E-state index is 12.7. The minimum atomic E-state index is -4.17. The third-order valence-electron chi connectivity index (χ3n) is 4.82. The lowest BCUT2D eigenvalue weighted by Gasteiger charge is -2.30. The van der Waals surface area contributed by atoms with Crippen molar-refractivity contribution in [3.05, 3.63) is 32.3 Å². The molecule has 0 radical (unpaired) electrons. The standard InChI is InChI=1S/C16H19ClF3N3O3/c1-8-13(17)11(15(21)24)6-12(23(25)26)14(8)22-7-9-2-4-10(5-3-9)16(18,19)20/h6,9-10,22H,2-5,7H2,1H3,(H2,21,24). The molecular weight excluding hydrogens is 375 g/mol. The van der Waals surface area contributed by atoms with Crippen LogP contribution in [0.1, 0.15) is 41.6 Å². The third-order valence-corrected chi connectivity index (χ3v) is 5.30. The monoisotopic (exact) mass is 393 g/mol. The SMILES string of the molecule is Cc1c(Cl)c(C(N)=O)cc([N+](=O)[O-])c1NCC1CCC(C(F)(F)F)CC1. The van der Waals surface area contributed by atoms with Crippen LogP contribution >= 0.6 is 11.6 Å². The van der Waals surface area contributed by atoms with Gasteiger partial charge in [-0.3, -0.25) is 14.9 Å². The first kappa shape index (κ1) is 20.3. The van der Waals surface area contributed by atoms with E-state index in [0.29, 0.717) is 24.9 Å². The minimum absolute atomic E-state index is 0.0198. The van der Waals surface area contributed by atoms with Crippen molar-refractivity contribution in [2.24, 2.45) is 17.6 Å². The maximum Gasteiger partial charge on any atom is 0.391 e. The summed E-state index contributed by atoms with van der Waals surface area (Å²) in [5.41, 5.74) is 5.15. The number of nitrogens with one attached hydrogen (secondary N) is 1. The Labute approximate surface area is 153 Å². The molecule has 0 atom stereocenters. The predicted octanol–water partition coefficient (Wildman–Crippen LogP) is 4.44. The summed E-state index contributed by atoms with van der Waals surface area (Å²) in [4.78, 5) is 22.0. The highest BCUT2D eigenvalue weighted by atomic mass is 35.5. The largest absolute Gasteiger partial charge is 0.391 e. The van der Waals surface area contributed by atoms with Gasteiger partial charge in [0.1, 0.15) is 5.69 Å². The van der Waals surface area contributed by atoms with Crippen molar-refractivity contribution in [2.75, 3.05) is 11.9 Å². The number of nitrogens with zero attached hydrogens (tertiary/aromatic N) is 1. The van der Waals surface area contributed by atoms with Gasteiger partial charge in [-0.1, -0.05) is 11.6 Å². The molecule has 0 aliphatic heterocycles. The van der Waals surface area contributed by atoms with Crippen molar-refractivity contribution in [1.82, 2.24) is 0 Å². The average Bonchev–Trinajstić information content (AvgIpc) is 2.55. The predicted molar refractivity (Wildman–Crippen MR) is 91.4 cm³/mol. The van der Waals surface area contributed by atoms with Gasteiger partial charge in [0.15, 0.2) is 0 Å². The fourth-order valence-corrected chi connectivity index (χ4v) is 3.51. The van der Waals surface area contributed by atoms with E-state index in [9.17, 15) is 28.1 Å². The van der Waals surface area contributed by atoms with E-state index in [1.807, 2.05) is 0 Å². The Morgan fingerprint density at radius 3 is 2.42 bits per heavy atom. The van der Waals surface area contributed by atoms with Crippen molar-refractivity contribution in [1.29, 1.82) is 0 Å². The van der Waals surface area contributed by atoms with Crippen molar-refractivity contribution >= 4 is 28.9 Å². The molecule has 2 rings (SSSR count). The number of nitro benzene ring substituents is 1. The number of alkyl halides is 3. The fourth-order valence-electron chi connectivity index (χ4n) is 3.26. The van der Waals surface area contributed by atoms with Gasteiger partial charge in [0.25, 0.3) is 5.69 Å². The molecule has 1 fully saturated rings. The van der Waals surface area contributed by atoms with E-state index in [0.717, 1.165) is 6.07 Å². The first-order valence-electron chi connectivity index (χ1n) is 8.10. The van der Waals surface area contributed by atoms with Gasteiger partial charge in [0, 0.05) is 12.6 Å². The van der Waals surface area contributed by atoms with Crippen LogP contribution in [0, 0.1) is 28.9 Å². The van der Waals surface area contributed by atoms with Crippen molar-refractivity contribution in [2.45, 2.75) is 38.8 Å². The Balaban J connectivity index is 2.14. The summed E-state index contributed by atoms with van der Waals surface area (Å²) >= 11 is 6.07. The van der Waals surface area contributed by atoms with Crippen LogP contribution in [0.25, 0.3) is 0 Å². The lowest BCUT2D eigenvalue weighted by atomic mass is 9.81.